The van der Waals surface area contributed by atoms with Gasteiger partial charge in [-0.2, -0.15) is 0 Å². The fraction of sp³-hybridized carbons (Fsp3) is 0.625. The Balaban J connectivity index is 2.31. The summed E-state index contributed by atoms with van der Waals surface area (Å²) in [5, 5.41) is 12.1. The number of nitrogens with one attached hydrogen (secondary N) is 1. The van der Waals surface area contributed by atoms with Crippen molar-refractivity contribution in [1.82, 2.24) is 5.32 Å². The van der Waals surface area contributed by atoms with Gasteiger partial charge in [0.25, 0.3) is 0 Å². The molecule has 19 heavy (non-hydrogen) atoms. The monoisotopic (exact) mass is 265 g/mol. The minimum absolute atomic E-state index is 0.296. The van der Waals surface area contributed by atoms with Crippen LogP contribution in [0, 0.1) is 0 Å². The molecular weight excluding hydrogens is 238 g/mol. The molecule has 2 N–H and O–H groups in total. The lowest BCUT2D eigenvalue weighted by atomic mass is 10.2. The average Bonchev–Trinajstić information content (AvgIpc) is 2.41. The van der Waals surface area contributed by atoms with Gasteiger partial charge in [-0.25, -0.2) is 0 Å². The molecule has 1 aromatic rings. The van der Waals surface area contributed by atoms with Crippen molar-refractivity contribution in [3.8, 4) is 5.75 Å². The topological polar surface area (TPSA) is 41.5 Å². The van der Waals surface area contributed by atoms with Crippen LogP contribution in [0.5, 0.6) is 5.75 Å². The van der Waals surface area contributed by atoms with Gasteiger partial charge < -0.3 is 15.2 Å². The van der Waals surface area contributed by atoms with Crippen molar-refractivity contribution >= 4 is 0 Å². The largest absolute Gasteiger partial charge is 0.493 e. The van der Waals surface area contributed by atoms with E-state index in [1.165, 1.54) is 5.56 Å². The summed E-state index contributed by atoms with van der Waals surface area (Å²) in [4.78, 5) is 0. The maximum Gasteiger partial charge on any atom is 0.123 e. The van der Waals surface area contributed by atoms with E-state index >= 15 is 0 Å². The number of hydrogen-bond acceptors (Lipinski definition) is 3. The average molecular weight is 265 g/mol. The van der Waals surface area contributed by atoms with Crippen LogP contribution < -0.4 is 10.1 Å². The predicted molar refractivity (Wildman–Crippen MR) is 79.5 cm³/mol. The molecule has 0 fully saturated rings. The molecule has 0 atom stereocenters. The molecule has 1 rings (SSSR count). The molecule has 0 aliphatic rings. The predicted octanol–water partition coefficient (Wildman–Crippen LogP) is 3.12. The number of para-hydroxylation sites is 1. The van der Waals surface area contributed by atoms with Crippen LogP contribution in [0.3, 0.4) is 0 Å². The highest BCUT2D eigenvalue weighted by molar-refractivity contribution is 5.33. The highest BCUT2D eigenvalue weighted by Crippen LogP contribution is 2.18. The first-order chi connectivity index (χ1) is 9.24. The Morgan fingerprint density at radius 1 is 1.11 bits per heavy atom. The van der Waals surface area contributed by atoms with Crippen molar-refractivity contribution in [1.29, 1.82) is 0 Å². The molecule has 1 aromatic carbocycles. The van der Waals surface area contributed by atoms with E-state index in [9.17, 15) is 0 Å². The smallest absolute Gasteiger partial charge is 0.123 e. The first-order valence-corrected chi connectivity index (χ1v) is 7.29. The lowest BCUT2D eigenvalue weighted by molar-refractivity contribution is 0.272. The van der Waals surface area contributed by atoms with Gasteiger partial charge in [0.2, 0.25) is 0 Å². The van der Waals surface area contributed by atoms with Crippen LogP contribution in [-0.2, 0) is 6.54 Å². The molecule has 0 amide bonds. The Labute approximate surface area is 117 Å². The molecule has 0 aliphatic carbocycles. The molecule has 0 saturated carbocycles. The maximum absolute atomic E-state index is 8.70. The second-order valence-electron chi connectivity index (χ2n) is 5.13. The number of unbranched alkanes of at least 4 members (excludes halogenated alkanes) is 3. The third kappa shape index (κ3) is 7.19. The van der Waals surface area contributed by atoms with Crippen LogP contribution in [-0.4, -0.2) is 24.4 Å². The van der Waals surface area contributed by atoms with E-state index in [1.54, 1.807) is 0 Å². The summed E-state index contributed by atoms with van der Waals surface area (Å²) >= 11 is 0. The van der Waals surface area contributed by atoms with E-state index in [0.29, 0.717) is 12.6 Å². The third-order valence-electron chi connectivity index (χ3n) is 2.98. The quantitative estimate of drug-likeness (QED) is 0.639. The van der Waals surface area contributed by atoms with Crippen molar-refractivity contribution < 1.29 is 9.84 Å². The van der Waals surface area contributed by atoms with E-state index in [0.717, 1.165) is 44.6 Å². The summed E-state index contributed by atoms with van der Waals surface area (Å²) in [6, 6.07) is 8.68. The molecule has 0 saturated heterocycles. The number of hydrogen-bond donors (Lipinski definition) is 2. The second-order valence-corrected chi connectivity index (χ2v) is 5.13. The summed E-state index contributed by atoms with van der Waals surface area (Å²) in [5.41, 5.74) is 1.21. The Bertz CT molecular complexity index is 339. The van der Waals surface area contributed by atoms with E-state index in [2.05, 4.69) is 25.2 Å². The van der Waals surface area contributed by atoms with Crippen molar-refractivity contribution in [2.75, 3.05) is 13.2 Å². The molecule has 3 heteroatoms. The van der Waals surface area contributed by atoms with Crippen molar-refractivity contribution in [2.45, 2.75) is 52.1 Å². The number of aliphatic hydroxyl groups excluding tert-OH is 1. The Morgan fingerprint density at radius 3 is 2.58 bits per heavy atom. The zero-order valence-corrected chi connectivity index (χ0v) is 12.2. The van der Waals surface area contributed by atoms with Gasteiger partial charge in [-0.1, -0.05) is 38.5 Å². The molecule has 3 nitrogen and oxygen atoms in total. The Hall–Kier alpha value is -1.06. The van der Waals surface area contributed by atoms with Crippen LogP contribution in [0.25, 0.3) is 0 Å². The molecule has 0 radical (unpaired) electrons. The number of rotatable bonds is 10. The van der Waals surface area contributed by atoms with E-state index in [1.807, 2.05) is 18.2 Å². The summed E-state index contributed by atoms with van der Waals surface area (Å²) < 4.78 is 5.85. The van der Waals surface area contributed by atoms with Gasteiger partial charge in [-0.05, 0) is 25.3 Å². The Kier molecular flexibility index (Phi) is 8.26. The van der Waals surface area contributed by atoms with Crippen LogP contribution in [0.2, 0.25) is 0 Å². The van der Waals surface area contributed by atoms with Gasteiger partial charge in [0.15, 0.2) is 0 Å². The summed E-state index contributed by atoms with van der Waals surface area (Å²) in [7, 11) is 0. The minimum Gasteiger partial charge on any atom is -0.493 e. The fourth-order valence-electron chi connectivity index (χ4n) is 1.85. The van der Waals surface area contributed by atoms with Gasteiger partial charge in [0.1, 0.15) is 5.75 Å². The van der Waals surface area contributed by atoms with E-state index in [-0.39, 0.29) is 0 Å². The van der Waals surface area contributed by atoms with Gasteiger partial charge in [-0.3, -0.25) is 0 Å². The highest BCUT2D eigenvalue weighted by atomic mass is 16.5. The van der Waals surface area contributed by atoms with E-state index in [4.69, 9.17) is 9.84 Å². The SMILES string of the molecule is CC(C)NCc1ccccc1OCCCCCCO. The molecule has 0 unspecified atom stereocenters. The van der Waals surface area contributed by atoms with Crippen molar-refractivity contribution in [3.05, 3.63) is 29.8 Å². The van der Waals surface area contributed by atoms with Gasteiger partial charge in [0.05, 0.1) is 6.61 Å². The van der Waals surface area contributed by atoms with Crippen LogP contribution in [0.15, 0.2) is 24.3 Å². The highest BCUT2D eigenvalue weighted by Gasteiger charge is 2.03. The zero-order valence-electron chi connectivity index (χ0n) is 12.2. The molecule has 0 bridgehead atoms. The number of aliphatic hydroxyl groups is 1. The molecule has 108 valence electrons. The third-order valence-corrected chi connectivity index (χ3v) is 2.98. The zero-order chi connectivity index (χ0) is 13.9. The summed E-state index contributed by atoms with van der Waals surface area (Å²) in [6.07, 6.45) is 4.14. The summed E-state index contributed by atoms with van der Waals surface area (Å²) in [6.45, 7) is 6.18. The first-order valence-electron chi connectivity index (χ1n) is 7.29. The van der Waals surface area contributed by atoms with E-state index < -0.39 is 0 Å². The molecule has 0 heterocycles. The van der Waals surface area contributed by atoms with Crippen molar-refractivity contribution in [2.24, 2.45) is 0 Å². The van der Waals surface area contributed by atoms with Crippen LogP contribution in [0.1, 0.15) is 45.1 Å². The first kappa shape index (κ1) is 16.0. The Morgan fingerprint density at radius 2 is 1.84 bits per heavy atom. The van der Waals surface area contributed by atoms with Gasteiger partial charge in [0, 0.05) is 24.8 Å². The molecule has 0 spiro atoms. The van der Waals surface area contributed by atoms with Crippen LogP contribution in [0.4, 0.5) is 0 Å². The summed E-state index contributed by atoms with van der Waals surface area (Å²) in [5.74, 6) is 0.984. The lowest BCUT2D eigenvalue weighted by Crippen LogP contribution is -2.22. The fourth-order valence-corrected chi connectivity index (χ4v) is 1.85. The molecule has 0 aromatic heterocycles. The van der Waals surface area contributed by atoms with Crippen molar-refractivity contribution in [3.63, 3.8) is 0 Å². The van der Waals surface area contributed by atoms with Crippen LogP contribution >= 0.6 is 0 Å². The van der Waals surface area contributed by atoms with Gasteiger partial charge in [-0.15, -0.1) is 0 Å². The normalized spacial score (nSPS) is 10.9. The maximum atomic E-state index is 8.70. The second kappa shape index (κ2) is 9.82. The minimum atomic E-state index is 0.296. The number of ether oxygens (including phenoxy) is 1. The van der Waals surface area contributed by atoms with Gasteiger partial charge >= 0.3 is 0 Å². The molecule has 0 aliphatic heterocycles. The lowest BCUT2D eigenvalue weighted by Gasteiger charge is -2.13. The standard InChI is InChI=1S/C16H27NO2/c1-14(2)17-13-15-9-5-6-10-16(15)19-12-8-4-3-7-11-18/h5-6,9-10,14,17-18H,3-4,7-8,11-13H2,1-2H3. The number of benzene rings is 1. The molecular formula is C16H27NO2.